The average molecular weight is 300 g/mol. The third-order valence-corrected chi connectivity index (χ3v) is 3.53. The van der Waals surface area contributed by atoms with Gasteiger partial charge in [0, 0.05) is 24.1 Å². The number of fused-ring (bicyclic) bond motifs is 1. The van der Waals surface area contributed by atoms with Crippen LogP contribution in [0.1, 0.15) is 12.8 Å². The molecule has 3 N–H and O–H groups in total. The summed E-state index contributed by atoms with van der Waals surface area (Å²) < 4.78 is 5.25. The molecular formula is C15H16N4O3. The van der Waals surface area contributed by atoms with Gasteiger partial charge in [-0.2, -0.15) is 0 Å². The van der Waals surface area contributed by atoms with E-state index in [2.05, 4.69) is 21.2 Å². The molecule has 7 nitrogen and oxygen atoms in total. The van der Waals surface area contributed by atoms with E-state index in [1.54, 1.807) is 19.4 Å². The van der Waals surface area contributed by atoms with Gasteiger partial charge < -0.3 is 10.1 Å². The first-order chi connectivity index (χ1) is 10.7. The lowest BCUT2D eigenvalue weighted by Gasteiger charge is -2.23. The monoisotopic (exact) mass is 300 g/mol. The number of aromatic nitrogens is 1. The zero-order valence-electron chi connectivity index (χ0n) is 12.1. The molecule has 2 amide bonds. The van der Waals surface area contributed by atoms with Crippen LogP contribution < -0.4 is 20.9 Å². The van der Waals surface area contributed by atoms with Gasteiger partial charge in [0.25, 0.3) is 0 Å². The van der Waals surface area contributed by atoms with E-state index in [-0.39, 0.29) is 11.8 Å². The van der Waals surface area contributed by atoms with Gasteiger partial charge in [0.2, 0.25) is 11.8 Å². The Hall–Kier alpha value is -2.67. The molecule has 3 rings (SSSR count). The summed E-state index contributed by atoms with van der Waals surface area (Å²) in [6, 6.07) is 6.85. The number of hydrogen-bond donors (Lipinski definition) is 3. The van der Waals surface area contributed by atoms with Crippen molar-refractivity contribution in [2.45, 2.75) is 18.9 Å². The number of amides is 2. The molecule has 1 unspecified atom stereocenters. The van der Waals surface area contributed by atoms with Crippen molar-refractivity contribution < 1.29 is 14.3 Å². The van der Waals surface area contributed by atoms with Gasteiger partial charge in [-0.15, -0.1) is 0 Å². The molecule has 0 spiro atoms. The molecule has 2 heterocycles. The van der Waals surface area contributed by atoms with E-state index in [0.29, 0.717) is 29.8 Å². The minimum Gasteiger partial charge on any atom is -0.497 e. The van der Waals surface area contributed by atoms with E-state index in [1.807, 2.05) is 18.2 Å². The minimum atomic E-state index is -0.470. The lowest BCUT2D eigenvalue weighted by Crippen LogP contribution is -2.54. The molecule has 2 aromatic rings. The van der Waals surface area contributed by atoms with E-state index in [4.69, 9.17) is 4.74 Å². The Labute approximate surface area is 127 Å². The molecular weight excluding hydrogens is 284 g/mol. The number of hydrogen-bond acceptors (Lipinski definition) is 5. The van der Waals surface area contributed by atoms with Gasteiger partial charge in [-0.3, -0.25) is 20.0 Å². The Morgan fingerprint density at radius 2 is 2.32 bits per heavy atom. The second-order valence-corrected chi connectivity index (χ2v) is 5.02. The van der Waals surface area contributed by atoms with Gasteiger partial charge in [-0.1, -0.05) is 6.07 Å². The van der Waals surface area contributed by atoms with Crippen molar-refractivity contribution in [2.75, 3.05) is 12.4 Å². The maximum atomic E-state index is 12.3. The summed E-state index contributed by atoms with van der Waals surface area (Å²) in [5.41, 5.74) is 6.44. The molecule has 0 bridgehead atoms. The number of methoxy groups -OCH3 is 1. The number of anilines is 1. The quantitative estimate of drug-likeness (QED) is 0.785. The molecule has 1 saturated heterocycles. The van der Waals surface area contributed by atoms with Gasteiger partial charge in [-0.05, 0) is 18.6 Å². The highest BCUT2D eigenvalue weighted by molar-refractivity contribution is 6.03. The lowest BCUT2D eigenvalue weighted by molar-refractivity contribution is -0.126. The molecule has 1 aromatic heterocycles. The summed E-state index contributed by atoms with van der Waals surface area (Å²) in [5.74, 6) is 0.304. The van der Waals surface area contributed by atoms with E-state index < -0.39 is 6.04 Å². The van der Waals surface area contributed by atoms with Gasteiger partial charge in [0.05, 0.1) is 18.3 Å². The maximum Gasteiger partial charge on any atom is 0.243 e. The number of pyridine rings is 1. The number of carbonyl (C=O) groups excluding carboxylic acids is 2. The van der Waals surface area contributed by atoms with Crippen LogP contribution in [0.4, 0.5) is 5.69 Å². The molecule has 0 aliphatic carbocycles. The summed E-state index contributed by atoms with van der Waals surface area (Å²) in [6.45, 7) is 0. The molecule has 114 valence electrons. The number of nitrogens with one attached hydrogen (secondary N) is 3. The topological polar surface area (TPSA) is 92.3 Å². The van der Waals surface area contributed by atoms with E-state index in [0.717, 1.165) is 5.39 Å². The van der Waals surface area contributed by atoms with Gasteiger partial charge >= 0.3 is 0 Å². The van der Waals surface area contributed by atoms with Crippen LogP contribution in [-0.2, 0) is 9.59 Å². The Bertz CT molecular complexity index is 722. The highest BCUT2D eigenvalue weighted by Crippen LogP contribution is 2.27. The first kappa shape index (κ1) is 14.3. The Morgan fingerprint density at radius 1 is 1.45 bits per heavy atom. The zero-order valence-corrected chi connectivity index (χ0v) is 12.1. The standard InChI is InChI=1S/C15H16N4O3/c1-22-10-7-9-3-2-6-16-14(9)12(8-10)17-15(21)11-4-5-13(20)19-18-11/h2-3,6-8,11,18H,4-5H2,1H3,(H,17,21)(H,19,20). The molecule has 0 saturated carbocycles. The predicted molar refractivity (Wildman–Crippen MR) is 81.2 cm³/mol. The lowest BCUT2D eigenvalue weighted by atomic mass is 10.1. The fourth-order valence-corrected chi connectivity index (χ4v) is 2.37. The number of rotatable bonds is 3. The highest BCUT2D eigenvalue weighted by atomic mass is 16.5. The highest BCUT2D eigenvalue weighted by Gasteiger charge is 2.24. The summed E-state index contributed by atoms with van der Waals surface area (Å²) in [5, 5.41) is 3.73. The number of ether oxygens (including phenoxy) is 1. The average Bonchev–Trinajstić information content (AvgIpc) is 2.55. The summed E-state index contributed by atoms with van der Waals surface area (Å²) in [6.07, 6.45) is 2.44. The fraction of sp³-hybridized carbons (Fsp3) is 0.267. The van der Waals surface area contributed by atoms with Crippen molar-refractivity contribution in [2.24, 2.45) is 0 Å². The molecule has 1 fully saturated rings. The van der Waals surface area contributed by atoms with Crippen LogP contribution in [-0.4, -0.2) is 29.9 Å². The molecule has 22 heavy (non-hydrogen) atoms. The van der Waals surface area contributed by atoms with Crippen LogP contribution >= 0.6 is 0 Å². The summed E-state index contributed by atoms with van der Waals surface area (Å²) in [7, 11) is 1.57. The van der Waals surface area contributed by atoms with Gasteiger partial charge in [0.1, 0.15) is 11.8 Å². The largest absolute Gasteiger partial charge is 0.497 e. The van der Waals surface area contributed by atoms with Crippen LogP contribution in [0.15, 0.2) is 30.5 Å². The third kappa shape index (κ3) is 2.84. The molecule has 1 aromatic carbocycles. The van der Waals surface area contributed by atoms with Crippen molar-refractivity contribution in [3.05, 3.63) is 30.5 Å². The Morgan fingerprint density at radius 3 is 3.05 bits per heavy atom. The first-order valence-electron chi connectivity index (χ1n) is 6.95. The second-order valence-electron chi connectivity index (χ2n) is 5.02. The molecule has 7 heteroatoms. The Kier molecular flexibility index (Phi) is 3.88. The zero-order chi connectivity index (χ0) is 15.5. The SMILES string of the molecule is COc1cc(NC(=O)C2CCC(=O)NN2)c2ncccc2c1. The number of benzene rings is 1. The molecule has 1 aliphatic rings. The van der Waals surface area contributed by atoms with Crippen LogP contribution in [0.2, 0.25) is 0 Å². The van der Waals surface area contributed by atoms with Crippen LogP contribution in [0.25, 0.3) is 10.9 Å². The maximum absolute atomic E-state index is 12.3. The van der Waals surface area contributed by atoms with Crippen molar-refractivity contribution in [3.63, 3.8) is 0 Å². The normalized spacial score (nSPS) is 17.9. The third-order valence-electron chi connectivity index (χ3n) is 3.53. The first-order valence-corrected chi connectivity index (χ1v) is 6.95. The van der Waals surface area contributed by atoms with Crippen LogP contribution in [0, 0.1) is 0 Å². The van der Waals surface area contributed by atoms with Crippen LogP contribution in [0.5, 0.6) is 5.75 Å². The summed E-state index contributed by atoms with van der Waals surface area (Å²) in [4.78, 5) is 27.7. The second kappa shape index (κ2) is 5.98. The number of hydrazine groups is 1. The van der Waals surface area contributed by atoms with Crippen LogP contribution in [0.3, 0.4) is 0 Å². The van der Waals surface area contributed by atoms with Crippen molar-refractivity contribution >= 4 is 28.4 Å². The minimum absolute atomic E-state index is 0.113. The Balaban J connectivity index is 1.86. The van der Waals surface area contributed by atoms with E-state index >= 15 is 0 Å². The van der Waals surface area contributed by atoms with Crippen molar-refractivity contribution in [1.82, 2.24) is 15.8 Å². The summed E-state index contributed by atoms with van der Waals surface area (Å²) >= 11 is 0. The van der Waals surface area contributed by atoms with Gasteiger partial charge in [0.15, 0.2) is 0 Å². The molecule has 1 aliphatic heterocycles. The van der Waals surface area contributed by atoms with E-state index in [9.17, 15) is 9.59 Å². The van der Waals surface area contributed by atoms with Crippen molar-refractivity contribution in [3.8, 4) is 5.75 Å². The van der Waals surface area contributed by atoms with Gasteiger partial charge in [-0.25, -0.2) is 5.43 Å². The molecule has 0 radical (unpaired) electrons. The van der Waals surface area contributed by atoms with Crippen molar-refractivity contribution in [1.29, 1.82) is 0 Å². The predicted octanol–water partition coefficient (Wildman–Crippen LogP) is 0.965. The fourth-order valence-electron chi connectivity index (χ4n) is 2.37. The number of nitrogens with zero attached hydrogens (tertiary/aromatic N) is 1. The van der Waals surface area contributed by atoms with E-state index in [1.165, 1.54) is 0 Å². The molecule has 1 atom stereocenters. The number of carbonyl (C=O) groups is 2. The smallest absolute Gasteiger partial charge is 0.243 e.